The van der Waals surface area contributed by atoms with E-state index in [1.54, 1.807) is 11.1 Å². The van der Waals surface area contributed by atoms with Crippen LogP contribution in [0.4, 0.5) is 10.5 Å². The van der Waals surface area contributed by atoms with Crippen LogP contribution in [0.25, 0.3) is 0 Å². The fraction of sp³-hybridized carbons (Fsp3) is 0.321. The van der Waals surface area contributed by atoms with E-state index in [0.29, 0.717) is 44.7 Å². The first-order valence-corrected chi connectivity index (χ1v) is 12.1. The zero-order valence-corrected chi connectivity index (χ0v) is 19.9. The van der Waals surface area contributed by atoms with Gasteiger partial charge in [0.15, 0.2) is 5.60 Å². The normalized spacial score (nSPS) is 19.3. The van der Waals surface area contributed by atoms with Crippen molar-refractivity contribution < 1.29 is 14.3 Å². The van der Waals surface area contributed by atoms with E-state index in [9.17, 15) is 9.59 Å². The Bertz CT molecular complexity index is 1200. The van der Waals surface area contributed by atoms with Gasteiger partial charge in [-0.2, -0.15) is 0 Å². The minimum atomic E-state index is -0.616. The van der Waals surface area contributed by atoms with Crippen LogP contribution in [-0.4, -0.2) is 58.6 Å². The van der Waals surface area contributed by atoms with Gasteiger partial charge < -0.3 is 19.9 Å². The summed E-state index contributed by atoms with van der Waals surface area (Å²) in [5.41, 5.74) is 4.28. The summed E-state index contributed by atoms with van der Waals surface area (Å²) >= 11 is 0. The number of nitrogens with zero attached hydrogens (tertiary/aromatic N) is 3. The summed E-state index contributed by atoms with van der Waals surface area (Å²) in [6.07, 6.45) is 4.73. The molecule has 1 N–H and O–H groups in total. The number of aromatic nitrogens is 1. The maximum Gasteiger partial charge on any atom is 0.410 e. The van der Waals surface area contributed by atoms with Crippen LogP contribution in [0.15, 0.2) is 73.1 Å². The minimum Gasteiger partial charge on any atom is -0.439 e. The highest BCUT2D eigenvalue weighted by Gasteiger charge is 2.50. The Labute approximate surface area is 205 Å². The standard InChI is InChI=1S/C28H30N4O3/c1-21-9-10-24(16-25(21)30-18-23-8-5-13-29-17-23)26(33)31-15-12-28(19-31)20-32(27(34)35-28)14-11-22-6-3-2-4-7-22/h2-10,13,16-17,30H,11-12,14-15,18-20H2,1H3. The topological polar surface area (TPSA) is 74.8 Å². The molecule has 0 saturated carbocycles. The molecule has 180 valence electrons. The number of pyridine rings is 1. The number of anilines is 1. The monoisotopic (exact) mass is 470 g/mol. The van der Waals surface area contributed by atoms with Crippen LogP contribution in [0.2, 0.25) is 0 Å². The number of aryl methyl sites for hydroxylation is 1. The van der Waals surface area contributed by atoms with Crippen molar-refractivity contribution in [3.05, 3.63) is 95.3 Å². The van der Waals surface area contributed by atoms with Gasteiger partial charge in [0.05, 0.1) is 13.1 Å². The number of nitrogens with one attached hydrogen (secondary N) is 1. The van der Waals surface area contributed by atoms with Gasteiger partial charge in [-0.15, -0.1) is 0 Å². The lowest BCUT2D eigenvalue weighted by Gasteiger charge is -2.22. The third-order valence-electron chi connectivity index (χ3n) is 6.85. The van der Waals surface area contributed by atoms with Crippen molar-refractivity contribution in [2.24, 2.45) is 0 Å². The second-order valence-corrected chi connectivity index (χ2v) is 9.43. The summed E-state index contributed by atoms with van der Waals surface area (Å²) in [4.78, 5) is 33.6. The Morgan fingerprint density at radius 3 is 2.71 bits per heavy atom. The molecule has 7 heteroatoms. The molecule has 7 nitrogen and oxygen atoms in total. The number of ether oxygens (including phenoxy) is 1. The Hall–Kier alpha value is -3.87. The van der Waals surface area contributed by atoms with E-state index < -0.39 is 5.60 Å². The number of hydrogen-bond donors (Lipinski definition) is 1. The molecule has 1 aromatic heterocycles. The molecule has 2 amide bonds. The van der Waals surface area contributed by atoms with Gasteiger partial charge >= 0.3 is 6.09 Å². The van der Waals surface area contributed by atoms with Gasteiger partial charge in [-0.3, -0.25) is 9.78 Å². The molecule has 2 saturated heterocycles. The highest BCUT2D eigenvalue weighted by atomic mass is 16.6. The molecule has 2 aliphatic heterocycles. The van der Waals surface area contributed by atoms with Crippen molar-refractivity contribution in [3.8, 4) is 0 Å². The molecule has 1 unspecified atom stereocenters. The molecule has 0 bridgehead atoms. The maximum atomic E-state index is 13.3. The van der Waals surface area contributed by atoms with E-state index in [4.69, 9.17) is 4.74 Å². The maximum absolute atomic E-state index is 13.3. The fourth-order valence-electron chi connectivity index (χ4n) is 4.83. The van der Waals surface area contributed by atoms with E-state index in [2.05, 4.69) is 22.4 Å². The first-order chi connectivity index (χ1) is 17.0. The predicted octanol–water partition coefficient (Wildman–Crippen LogP) is 4.28. The van der Waals surface area contributed by atoms with Crippen molar-refractivity contribution in [2.75, 3.05) is 31.5 Å². The van der Waals surface area contributed by atoms with Gasteiger partial charge in [-0.05, 0) is 48.2 Å². The van der Waals surface area contributed by atoms with E-state index in [-0.39, 0.29) is 12.0 Å². The quantitative estimate of drug-likeness (QED) is 0.558. The lowest BCUT2D eigenvalue weighted by molar-refractivity contribution is 0.0553. The predicted molar refractivity (Wildman–Crippen MR) is 134 cm³/mol. The molecule has 0 radical (unpaired) electrons. The van der Waals surface area contributed by atoms with Crippen LogP contribution >= 0.6 is 0 Å². The van der Waals surface area contributed by atoms with Crippen LogP contribution in [0.1, 0.15) is 33.5 Å². The van der Waals surface area contributed by atoms with Crippen LogP contribution in [0.5, 0.6) is 0 Å². The Morgan fingerprint density at radius 1 is 1.09 bits per heavy atom. The van der Waals surface area contributed by atoms with Crippen molar-refractivity contribution >= 4 is 17.7 Å². The Balaban J connectivity index is 1.21. The van der Waals surface area contributed by atoms with E-state index >= 15 is 0 Å². The second-order valence-electron chi connectivity index (χ2n) is 9.43. The van der Waals surface area contributed by atoms with Gasteiger partial charge in [-0.25, -0.2) is 4.79 Å². The first kappa shape index (κ1) is 22.9. The molecule has 1 atom stereocenters. The Morgan fingerprint density at radius 2 is 1.91 bits per heavy atom. The molecule has 2 fully saturated rings. The van der Waals surface area contributed by atoms with Crippen LogP contribution in [0, 0.1) is 6.92 Å². The van der Waals surface area contributed by atoms with Crippen molar-refractivity contribution in [1.82, 2.24) is 14.8 Å². The van der Waals surface area contributed by atoms with Crippen molar-refractivity contribution in [1.29, 1.82) is 0 Å². The third-order valence-corrected chi connectivity index (χ3v) is 6.85. The zero-order chi connectivity index (χ0) is 24.3. The lowest BCUT2D eigenvalue weighted by Crippen LogP contribution is -2.39. The molecule has 1 spiro atoms. The smallest absolute Gasteiger partial charge is 0.410 e. The zero-order valence-electron chi connectivity index (χ0n) is 19.9. The fourth-order valence-corrected chi connectivity index (χ4v) is 4.83. The largest absolute Gasteiger partial charge is 0.439 e. The number of carbonyl (C=O) groups is 2. The lowest BCUT2D eigenvalue weighted by atomic mass is 10.0. The van der Waals surface area contributed by atoms with Gasteiger partial charge in [-0.1, -0.05) is 42.5 Å². The molecule has 5 rings (SSSR count). The van der Waals surface area contributed by atoms with Crippen LogP contribution in [0.3, 0.4) is 0 Å². The van der Waals surface area contributed by atoms with Gasteiger partial charge in [0, 0.05) is 49.7 Å². The summed E-state index contributed by atoms with van der Waals surface area (Å²) < 4.78 is 5.83. The summed E-state index contributed by atoms with van der Waals surface area (Å²) in [6, 6.07) is 19.8. The average molecular weight is 471 g/mol. The summed E-state index contributed by atoms with van der Waals surface area (Å²) in [5, 5.41) is 3.42. The van der Waals surface area contributed by atoms with E-state index in [1.807, 2.05) is 66.6 Å². The molecule has 3 aromatic rings. The molecule has 2 aromatic carbocycles. The SMILES string of the molecule is Cc1ccc(C(=O)N2CCC3(CN(CCc4ccccc4)C(=O)O3)C2)cc1NCc1cccnc1. The van der Waals surface area contributed by atoms with Crippen molar-refractivity contribution in [3.63, 3.8) is 0 Å². The molecule has 3 heterocycles. The van der Waals surface area contributed by atoms with E-state index in [1.165, 1.54) is 5.56 Å². The first-order valence-electron chi connectivity index (χ1n) is 12.1. The summed E-state index contributed by atoms with van der Waals surface area (Å²) in [5.74, 6) is -0.0370. The second kappa shape index (κ2) is 9.78. The minimum absolute atomic E-state index is 0.0370. The van der Waals surface area contributed by atoms with Gasteiger partial charge in [0.1, 0.15) is 0 Å². The molecule has 35 heavy (non-hydrogen) atoms. The number of rotatable bonds is 7. The highest BCUT2D eigenvalue weighted by Crippen LogP contribution is 2.33. The number of benzene rings is 2. The number of amides is 2. The number of hydrogen-bond acceptors (Lipinski definition) is 5. The van der Waals surface area contributed by atoms with Gasteiger partial charge in [0.2, 0.25) is 0 Å². The van der Waals surface area contributed by atoms with Gasteiger partial charge in [0.25, 0.3) is 5.91 Å². The summed E-state index contributed by atoms with van der Waals surface area (Å²) in [6.45, 7) is 4.79. The number of likely N-dealkylation sites (tertiary alicyclic amines) is 1. The van der Waals surface area contributed by atoms with Crippen molar-refractivity contribution in [2.45, 2.75) is 31.9 Å². The number of carbonyl (C=O) groups excluding carboxylic acids is 2. The van der Waals surface area contributed by atoms with Crippen LogP contribution < -0.4 is 5.32 Å². The third kappa shape index (κ3) is 5.14. The molecule has 0 aliphatic carbocycles. The van der Waals surface area contributed by atoms with Crippen LogP contribution in [-0.2, 0) is 17.7 Å². The molecule has 2 aliphatic rings. The Kier molecular flexibility index (Phi) is 6.40. The average Bonchev–Trinajstić information content (AvgIpc) is 3.44. The molecular formula is C28H30N4O3. The van der Waals surface area contributed by atoms with E-state index in [0.717, 1.165) is 23.2 Å². The highest BCUT2D eigenvalue weighted by molar-refractivity contribution is 5.95. The molecular weight excluding hydrogens is 440 g/mol. The summed E-state index contributed by atoms with van der Waals surface area (Å²) in [7, 11) is 0.